The van der Waals surface area contributed by atoms with E-state index in [9.17, 15) is 0 Å². The first-order valence-corrected chi connectivity index (χ1v) is 2.32. The molecule has 1 heterocycles. The van der Waals surface area contributed by atoms with Gasteiger partial charge in [0.15, 0.2) is 0 Å². The molecule has 0 fully saturated rings. The molecule has 0 aromatic carbocycles. The molecule has 0 unspecified atom stereocenters. The summed E-state index contributed by atoms with van der Waals surface area (Å²) in [6.07, 6.45) is 4.61. The van der Waals surface area contributed by atoms with Crippen molar-refractivity contribution in [2.24, 2.45) is 10.7 Å². The summed E-state index contributed by atoms with van der Waals surface area (Å²) >= 11 is 0. The van der Waals surface area contributed by atoms with Crippen LogP contribution in [0, 0.1) is 0 Å². The maximum atomic E-state index is 5.40. The van der Waals surface area contributed by atoms with Gasteiger partial charge in [-0.25, -0.2) is 0 Å². The van der Waals surface area contributed by atoms with Gasteiger partial charge in [-0.05, 0) is 6.08 Å². The predicted molar refractivity (Wildman–Crippen MR) is 30.2 cm³/mol. The van der Waals surface area contributed by atoms with Gasteiger partial charge in [0, 0.05) is 18.3 Å². The summed E-state index contributed by atoms with van der Waals surface area (Å²) in [6, 6.07) is 0. The quantitative estimate of drug-likeness (QED) is 0.463. The van der Waals surface area contributed by atoms with Crippen LogP contribution in [0.5, 0.6) is 0 Å². The summed E-state index contributed by atoms with van der Waals surface area (Å²) in [7, 11) is 0. The average molecular weight is 96.1 g/mol. The third kappa shape index (κ3) is 1.03. The summed E-state index contributed by atoms with van der Waals surface area (Å²) in [6.45, 7) is 0.770. The lowest BCUT2D eigenvalue weighted by atomic mass is 10.3. The van der Waals surface area contributed by atoms with E-state index in [-0.39, 0.29) is 0 Å². The Labute approximate surface area is 42.7 Å². The SMILES string of the molecule is NC1=CCN=CC1. The summed E-state index contributed by atoms with van der Waals surface area (Å²) in [5.74, 6) is 0. The molecule has 0 radical (unpaired) electrons. The standard InChI is InChI=1S/C5H8N2/c6-5-1-3-7-4-2-5/h1,4H,2-3,6H2. The molecule has 1 aliphatic rings. The van der Waals surface area contributed by atoms with Crippen molar-refractivity contribution >= 4 is 6.21 Å². The van der Waals surface area contributed by atoms with E-state index in [1.165, 1.54) is 0 Å². The molecule has 38 valence electrons. The van der Waals surface area contributed by atoms with E-state index < -0.39 is 0 Å². The maximum Gasteiger partial charge on any atom is 0.0586 e. The lowest BCUT2D eigenvalue weighted by molar-refractivity contribution is 1.10. The molecule has 2 nitrogen and oxygen atoms in total. The van der Waals surface area contributed by atoms with Crippen molar-refractivity contribution < 1.29 is 0 Å². The normalized spacial score (nSPS) is 19.1. The van der Waals surface area contributed by atoms with E-state index in [4.69, 9.17) is 5.73 Å². The lowest BCUT2D eigenvalue weighted by Gasteiger charge is -1.98. The molecular weight excluding hydrogens is 88.1 g/mol. The molecule has 0 spiro atoms. The van der Waals surface area contributed by atoms with Crippen molar-refractivity contribution in [1.29, 1.82) is 0 Å². The van der Waals surface area contributed by atoms with Gasteiger partial charge >= 0.3 is 0 Å². The Morgan fingerprint density at radius 2 is 2.57 bits per heavy atom. The fourth-order valence-corrected chi connectivity index (χ4v) is 0.498. The molecule has 0 aliphatic carbocycles. The minimum absolute atomic E-state index is 0.770. The van der Waals surface area contributed by atoms with Crippen molar-refractivity contribution in [3.63, 3.8) is 0 Å². The zero-order valence-electron chi connectivity index (χ0n) is 4.09. The van der Waals surface area contributed by atoms with Crippen molar-refractivity contribution in [3.8, 4) is 0 Å². The molecule has 0 saturated carbocycles. The highest BCUT2D eigenvalue weighted by atomic mass is 14.7. The molecule has 2 heteroatoms. The van der Waals surface area contributed by atoms with Gasteiger partial charge in [-0.15, -0.1) is 0 Å². The van der Waals surface area contributed by atoms with Gasteiger partial charge in [0.1, 0.15) is 0 Å². The van der Waals surface area contributed by atoms with Crippen LogP contribution in [0.1, 0.15) is 6.42 Å². The van der Waals surface area contributed by atoms with Crippen LogP contribution >= 0.6 is 0 Å². The summed E-state index contributed by atoms with van der Waals surface area (Å²) in [5, 5.41) is 0. The number of allylic oxidation sites excluding steroid dienone is 1. The largest absolute Gasteiger partial charge is 0.402 e. The van der Waals surface area contributed by atoms with E-state index in [2.05, 4.69) is 4.99 Å². The number of hydrogen-bond donors (Lipinski definition) is 1. The van der Waals surface area contributed by atoms with Crippen molar-refractivity contribution in [2.45, 2.75) is 6.42 Å². The molecule has 0 amide bonds. The topological polar surface area (TPSA) is 38.4 Å². The molecule has 0 saturated heterocycles. The molecular formula is C5H8N2. The maximum absolute atomic E-state index is 5.40. The summed E-state index contributed by atoms with van der Waals surface area (Å²) < 4.78 is 0. The van der Waals surface area contributed by atoms with Crippen LogP contribution in [0.4, 0.5) is 0 Å². The van der Waals surface area contributed by atoms with Crippen LogP contribution in [0.25, 0.3) is 0 Å². The monoisotopic (exact) mass is 96.1 g/mol. The Hall–Kier alpha value is -0.790. The van der Waals surface area contributed by atoms with Gasteiger partial charge in [-0.3, -0.25) is 4.99 Å². The number of nitrogens with two attached hydrogens (primary N) is 1. The molecule has 0 aromatic rings. The van der Waals surface area contributed by atoms with Crippen molar-refractivity contribution in [3.05, 3.63) is 11.8 Å². The van der Waals surface area contributed by atoms with Gasteiger partial charge in [0.25, 0.3) is 0 Å². The highest BCUT2D eigenvalue weighted by molar-refractivity contribution is 5.62. The number of nitrogens with zero attached hydrogens (tertiary/aromatic N) is 1. The summed E-state index contributed by atoms with van der Waals surface area (Å²) in [5.41, 5.74) is 6.34. The lowest BCUT2D eigenvalue weighted by Crippen LogP contribution is -2.02. The molecule has 1 aliphatic heterocycles. The Bertz CT molecular complexity index is 113. The van der Waals surface area contributed by atoms with Crippen LogP contribution in [0.3, 0.4) is 0 Å². The van der Waals surface area contributed by atoms with Crippen molar-refractivity contribution in [1.82, 2.24) is 0 Å². The minimum atomic E-state index is 0.770. The third-order valence-electron chi connectivity index (χ3n) is 0.915. The Morgan fingerprint density at radius 3 is 2.86 bits per heavy atom. The second kappa shape index (κ2) is 1.78. The van der Waals surface area contributed by atoms with Gasteiger partial charge < -0.3 is 5.73 Å². The Morgan fingerprint density at radius 1 is 1.71 bits per heavy atom. The van der Waals surface area contributed by atoms with Crippen LogP contribution in [-0.2, 0) is 0 Å². The number of hydrogen-bond acceptors (Lipinski definition) is 2. The van der Waals surface area contributed by atoms with Gasteiger partial charge in [-0.1, -0.05) is 0 Å². The number of aliphatic imine (C=N–C) groups is 1. The van der Waals surface area contributed by atoms with E-state index in [1.54, 1.807) is 0 Å². The zero-order valence-corrected chi connectivity index (χ0v) is 4.09. The van der Waals surface area contributed by atoms with Gasteiger partial charge in [0.2, 0.25) is 0 Å². The van der Waals surface area contributed by atoms with Gasteiger partial charge in [-0.2, -0.15) is 0 Å². The summed E-state index contributed by atoms with van der Waals surface area (Å²) in [4.78, 5) is 3.95. The van der Waals surface area contributed by atoms with E-state index in [0.29, 0.717) is 0 Å². The Kier molecular flexibility index (Phi) is 1.11. The Balaban J connectivity index is 2.50. The molecule has 0 atom stereocenters. The fraction of sp³-hybridized carbons (Fsp3) is 0.400. The average Bonchev–Trinajstić information content (AvgIpc) is 1.69. The second-order valence-electron chi connectivity index (χ2n) is 1.53. The predicted octanol–water partition coefficient (Wildman–Crippen LogP) is 0.304. The molecule has 7 heavy (non-hydrogen) atoms. The van der Waals surface area contributed by atoms with Crippen LogP contribution in [0.15, 0.2) is 16.8 Å². The van der Waals surface area contributed by atoms with E-state index in [0.717, 1.165) is 18.7 Å². The van der Waals surface area contributed by atoms with Gasteiger partial charge in [0.05, 0.1) is 6.54 Å². The molecule has 1 rings (SSSR count). The zero-order chi connectivity index (χ0) is 5.11. The highest BCUT2D eigenvalue weighted by Gasteiger charge is 1.88. The van der Waals surface area contributed by atoms with E-state index in [1.807, 2.05) is 12.3 Å². The third-order valence-corrected chi connectivity index (χ3v) is 0.915. The second-order valence-corrected chi connectivity index (χ2v) is 1.53. The van der Waals surface area contributed by atoms with E-state index >= 15 is 0 Å². The number of dihydropyridines is 1. The number of rotatable bonds is 0. The van der Waals surface area contributed by atoms with Crippen LogP contribution in [0.2, 0.25) is 0 Å². The van der Waals surface area contributed by atoms with Crippen molar-refractivity contribution in [2.75, 3.05) is 6.54 Å². The minimum Gasteiger partial charge on any atom is -0.402 e. The first-order valence-electron chi connectivity index (χ1n) is 2.32. The fourth-order valence-electron chi connectivity index (χ4n) is 0.498. The molecule has 2 N–H and O–H groups in total. The van der Waals surface area contributed by atoms with Crippen LogP contribution in [-0.4, -0.2) is 12.8 Å². The molecule has 0 bridgehead atoms. The first-order chi connectivity index (χ1) is 3.39. The first kappa shape index (κ1) is 4.37. The molecule has 0 aromatic heterocycles. The smallest absolute Gasteiger partial charge is 0.0586 e. The highest BCUT2D eigenvalue weighted by Crippen LogP contribution is 1.93. The van der Waals surface area contributed by atoms with Crippen LogP contribution < -0.4 is 5.73 Å².